The lowest BCUT2D eigenvalue weighted by Crippen LogP contribution is -2.28. The van der Waals surface area contributed by atoms with E-state index in [1.54, 1.807) is 10.9 Å². The normalized spacial score (nSPS) is 10.8. The third-order valence-electron chi connectivity index (χ3n) is 4.24. The van der Waals surface area contributed by atoms with Crippen LogP contribution in [-0.2, 0) is 18.4 Å². The van der Waals surface area contributed by atoms with Gasteiger partial charge in [0.25, 0.3) is 5.91 Å². The quantitative estimate of drug-likeness (QED) is 0.698. The monoisotopic (exact) mass is 364 g/mol. The van der Waals surface area contributed by atoms with E-state index in [4.69, 9.17) is 4.74 Å². The Morgan fingerprint density at radius 2 is 1.96 bits per heavy atom. The van der Waals surface area contributed by atoms with Gasteiger partial charge in [-0.1, -0.05) is 32.0 Å². The van der Waals surface area contributed by atoms with Gasteiger partial charge in [-0.3, -0.25) is 14.5 Å². The molecule has 0 aliphatic rings. The molecule has 0 saturated heterocycles. The first-order valence-corrected chi connectivity index (χ1v) is 8.96. The molecule has 0 saturated carbocycles. The van der Waals surface area contributed by atoms with Crippen LogP contribution in [-0.4, -0.2) is 27.3 Å². The van der Waals surface area contributed by atoms with Gasteiger partial charge in [0.05, 0.1) is 23.6 Å². The molecule has 0 spiro atoms. The minimum Gasteiger partial charge on any atom is -0.484 e. The summed E-state index contributed by atoms with van der Waals surface area (Å²) in [5.74, 6) is 0.967. The third kappa shape index (κ3) is 4.94. The van der Waals surface area contributed by atoms with Crippen LogP contribution >= 0.6 is 0 Å². The van der Waals surface area contributed by atoms with E-state index < -0.39 is 0 Å². The predicted molar refractivity (Wildman–Crippen MR) is 104 cm³/mol. The topological polar surface area (TPSA) is 69.0 Å². The molecule has 1 amide bonds. The van der Waals surface area contributed by atoms with E-state index in [0.717, 1.165) is 17.1 Å². The summed E-state index contributed by atoms with van der Waals surface area (Å²) in [6.45, 7) is 4.59. The van der Waals surface area contributed by atoms with Crippen LogP contribution in [0.3, 0.4) is 0 Å². The van der Waals surface area contributed by atoms with Gasteiger partial charge in [0.1, 0.15) is 5.75 Å². The first-order chi connectivity index (χ1) is 13.0. The molecule has 3 aromatic rings. The van der Waals surface area contributed by atoms with Crippen LogP contribution < -0.4 is 10.1 Å². The first-order valence-electron chi connectivity index (χ1n) is 8.96. The molecule has 0 bridgehead atoms. The second kappa shape index (κ2) is 8.49. The summed E-state index contributed by atoms with van der Waals surface area (Å²) in [6, 6.07) is 15.5. The van der Waals surface area contributed by atoms with Gasteiger partial charge in [-0.25, -0.2) is 0 Å². The lowest BCUT2D eigenvalue weighted by Gasteiger charge is -2.09. The fourth-order valence-electron chi connectivity index (χ4n) is 2.71. The van der Waals surface area contributed by atoms with Crippen molar-refractivity contribution in [1.29, 1.82) is 0 Å². The molecule has 6 nitrogen and oxygen atoms in total. The molecule has 3 rings (SSSR count). The summed E-state index contributed by atoms with van der Waals surface area (Å²) in [7, 11) is 1.86. The molecule has 0 unspecified atom stereocenters. The van der Waals surface area contributed by atoms with E-state index in [1.807, 2.05) is 55.6 Å². The molecule has 1 aromatic carbocycles. The number of benzene rings is 1. The van der Waals surface area contributed by atoms with E-state index >= 15 is 0 Å². The fraction of sp³-hybridized carbons (Fsp3) is 0.286. The van der Waals surface area contributed by atoms with Gasteiger partial charge in [-0.05, 0) is 41.8 Å². The molecule has 2 aromatic heterocycles. The highest BCUT2D eigenvalue weighted by molar-refractivity contribution is 5.77. The zero-order valence-electron chi connectivity index (χ0n) is 15.8. The molecule has 0 aliphatic carbocycles. The Bertz CT molecular complexity index is 886. The largest absolute Gasteiger partial charge is 0.484 e. The highest BCUT2D eigenvalue weighted by Crippen LogP contribution is 2.19. The second-order valence-corrected chi connectivity index (χ2v) is 6.65. The molecule has 0 fully saturated rings. The van der Waals surface area contributed by atoms with Crippen LogP contribution in [0.1, 0.15) is 31.0 Å². The van der Waals surface area contributed by atoms with E-state index in [-0.39, 0.29) is 12.5 Å². The van der Waals surface area contributed by atoms with Crippen molar-refractivity contribution in [2.75, 3.05) is 6.61 Å². The van der Waals surface area contributed by atoms with Crippen LogP contribution in [0.5, 0.6) is 5.75 Å². The van der Waals surface area contributed by atoms with Crippen molar-refractivity contribution in [3.8, 4) is 17.1 Å². The molecular formula is C21H24N4O2. The van der Waals surface area contributed by atoms with Crippen molar-refractivity contribution < 1.29 is 9.53 Å². The fourth-order valence-corrected chi connectivity index (χ4v) is 2.71. The standard InChI is InChI=1S/C21H24N4O2/c1-15(2)16-7-9-18(10-8-16)27-14-21(26)23-13-17-12-20(25(3)24-17)19-6-4-5-11-22-19/h4-12,15H,13-14H2,1-3H3,(H,23,26). The summed E-state index contributed by atoms with van der Waals surface area (Å²) >= 11 is 0. The Labute approximate surface area is 159 Å². The number of nitrogens with one attached hydrogen (secondary N) is 1. The zero-order chi connectivity index (χ0) is 19.2. The second-order valence-electron chi connectivity index (χ2n) is 6.65. The van der Waals surface area contributed by atoms with Gasteiger partial charge in [-0.15, -0.1) is 0 Å². The average Bonchev–Trinajstić information content (AvgIpc) is 3.06. The van der Waals surface area contributed by atoms with Crippen molar-refractivity contribution in [2.24, 2.45) is 7.05 Å². The number of nitrogens with zero attached hydrogens (tertiary/aromatic N) is 3. The molecule has 0 atom stereocenters. The number of aromatic nitrogens is 3. The lowest BCUT2D eigenvalue weighted by molar-refractivity contribution is -0.123. The maximum absolute atomic E-state index is 12.0. The number of ether oxygens (including phenoxy) is 1. The number of pyridine rings is 1. The summed E-state index contributed by atoms with van der Waals surface area (Å²) in [5, 5.41) is 7.26. The van der Waals surface area contributed by atoms with Crippen molar-refractivity contribution in [3.63, 3.8) is 0 Å². The Kier molecular flexibility index (Phi) is 5.86. The van der Waals surface area contributed by atoms with E-state index in [0.29, 0.717) is 18.2 Å². The van der Waals surface area contributed by atoms with Crippen LogP contribution in [0.15, 0.2) is 54.7 Å². The van der Waals surface area contributed by atoms with Crippen molar-refractivity contribution >= 4 is 5.91 Å². The van der Waals surface area contributed by atoms with Gasteiger partial charge in [0.15, 0.2) is 6.61 Å². The van der Waals surface area contributed by atoms with Crippen LogP contribution in [0.4, 0.5) is 0 Å². The summed E-state index contributed by atoms with van der Waals surface area (Å²) < 4.78 is 7.30. The number of hydrogen-bond acceptors (Lipinski definition) is 4. The van der Waals surface area contributed by atoms with Gasteiger partial charge in [0.2, 0.25) is 0 Å². The SMILES string of the molecule is CC(C)c1ccc(OCC(=O)NCc2cc(-c3ccccn3)n(C)n2)cc1. The molecule has 6 heteroatoms. The molecule has 1 N–H and O–H groups in total. The summed E-state index contributed by atoms with van der Waals surface area (Å²) in [6.07, 6.45) is 1.74. The Hall–Kier alpha value is -3.15. The Balaban J connectivity index is 1.51. The van der Waals surface area contributed by atoms with Gasteiger partial charge in [0, 0.05) is 13.2 Å². The molecular weight excluding hydrogens is 340 g/mol. The van der Waals surface area contributed by atoms with Crippen LogP contribution in [0, 0.1) is 0 Å². The average molecular weight is 364 g/mol. The van der Waals surface area contributed by atoms with Gasteiger partial charge < -0.3 is 10.1 Å². The number of rotatable bonds is 7. The van der Waals surface area contributed by atoms with Crippen molar-refractivity contribution in [2.45, 2.75) is 26.3 Å². The highest BCUT2D eigenvalue weighted by atomic mass is 16.5. The number of carbonyl (C=O) groups excluding carboxylic acids is 1. The maximum atomic E-state index is 12.0. The van der Waals surface area contributed by atoms with E-state index in [2.05, 4.69) is 29.2 Å². The number of aryl methyl sites for hydroxylation is 1. The number of hydrogen-bond donors (Lipinski definition) is 1. The molecule has 2 heterocycles. The number of carbonyl (C=O) groups is 1. The van der Waals surface area contributed by atoms with Crippen LogP contribution in [0.2, 0.25) is 0 Å². The van der Waals surface area contributed by atoms with Gasteiger partial charge in [-0.2, -0.15) is 5.10 Å². The lowest BCUT2D eigenvalue weighted by atomic mass is 10.0. The first kappa shape index (κ1) is 18.6. The third-order valence-corrected chi connectivity index (χ3v) is 4.24. The Morgan fingerprint density at radius 1 is 1.19 bits per heavy atom. The van der Waals surface area contributed by atoms with E-state index in [9.17, 15) is 4.79 Å². The minimum atomic E-state index is -0.187. The molecule has 27 heavy (non-hydrogen) atoms. The van der Waals surface area contributed by atoms with Gasteiger partial charge >= 0.3 is 0 Å². The minimum absolute atomic E-state index is 0.0268. The molecule has 0 radical (unpaired) electrons. The maximum Gasteiger partial charge on any atom is 0.258 e. The number of amides is 1. The summed E-state index contributed by atoms with van der Waals surface area (Å²) in [5.41, 5.74) is 3.76. The molecule has 0 aliphatic heterocycles. The summed E-state index contributed by atoms with van der Waals surface area (Å²) in [4.78, 5) is 16.4. The molecule has 140 valence electrons. The van der Waals surface area contributed by atoms with Crippen molar-refractivity contribution in [1.82, 2.24) is 20.1 Å². The zero-order valence-corrected chi connectivity index (χ0v) is 15.8. The van der Waals surface area contributed by atoms with Crippen molar-refractivity contribution in [3.05, 3.63) is 66.0 Å². The Morgan fingerprint density at radius 3 is 2.63 bits per heavy atom. The van der Waals surface area contributed by atoms with Crippen LogP contribution in [0.25, 0.3) is 11.4 Å². The van der Waals surface area contributed by atoms with E-state index in [1.165, 1.54) is 5.56 Å². The smallest absolute Gasteiger partial charge is 0.258 e. The highest BCUT2D eigenvalue weighted by Gasteiger charge is 2.10. The predicted octanol–water partition coefficient (Wildman–Crippen LogP) is 3.30.